The number of nitrogens with zero attached hydrogens (tertiary/aromatic N) is 1. The molecule has 0 saturated heterocycles. The van der Waals surface area contributed by atoms with Gasteiger partial charge in [-0.15, -0.1) is 0 Å². The predicted molar refractivity (Wildman–Crippen MR) is 70.6 cm³/mol. The Kier molecular flexibility index (Phi) is 3.85. The van der Waals surface area contributed by atoms with E-state index in [-0.39, 0.29) is 16.9 Å². The Hall–Kier alpha value is -2.55. The zero-order valence-electron chi connectivity index (χ0n) is 10.9. The monoisotopic (exact) mass is 294 g/mol. The lowest BCUT2D eigenvalue weighted by atomic mass is 10.1. The molecule has 2 nitrogen and oxygen atoms in total. The van der Waals surface area contributed by atoms with E-state index < -0.39 is 17.6 Å². The van der Waals surface area contributed by atoms with Crippen LogP contribution in [0.2, 0.25) is 0 Å². The normalized spacial score (nSPS) is 11.0. The largest absolute Gasteiger partial charge is 0.416 e. The molecule has 0 aliphatic carbocycles. The molecule has 0 unspecified atom stereocenters. The maximum absolute atomic E-state index is 13.7. The highest BCUT2D eigenvalue weighted by atomic mass is 19.4. The predicted octanol–water partition coefficient (Wildman–Crippen LogP) is 4.77. The van der Waals surface area contributed by atoms with Crippen LogP contribution in [0.5, 0.6) is 0 Å². The summed E-state index contributed by atoms with van der Waals surface area (Å²) in [6, 6.07) is 8.76. The Bertz CT molecular complexity index is 715. The van der Waals surface area contributed by atoms with Crippen molar-refractivity contribution in [2.24, 2.45) is 0 Å². The van der Waals surface area contributed by atoms with Crippen molar-refractivity contribution >= 4 is 11.4 Å². The fourth-order valence-electron chi connectivity index (χ4n) is 1.80. The first-order valence-corrected chi connectivity index (χ1v) is 5.96. The summed E-state index contributed by atoms with van der Waals surface area (Å²) >= 11 is 0. The van der Waals surface area contributed by atoms with E-state index in [1.54, 1.807) is 19.1 Å². The number of halogens is 4. The van der Waals surface area contributed by atoms with Crippen molar-refractivity contribution in [1.82, 2.24) is 0 Å². The van der Waals surface area contributed by atoms with E-state index >= 15 is 0 Å². The summed E-state index contributed by atoms with van der Waals surface area (Å²) in [5, 5.41) is 11.5. The van der Waals surface area contributed by atoms with E-state index in [1.165, 1.54) is 6.07 Å². The first-order chi connectivity index (χ1) is 9.81. The highest BCUT2D eigenvalue weighted by Gasteiger charge is 2.31. The molecule has 0 aliphatic rings. The minimum absolute atomic E-state index is 0.220. The molecule has 0 heterocycles. The lowest BCUT2D eigenvalue weighted by molar-refractivity contribution is -0.137. The van der Waals surface area contributed by atoms with Crippen molar-refractivity contribution in [2.45, 2.75) is 13.1 Å². The van der Waals surface area contributed by atoms with Gasteiger partial charge in [0, 0.05) is 0 Å². The number of hydrogen-bond donors (Lipinski definition) is 1. The quantitative estimate of drug-likeness (QED) is 0.810. The number of nitriles is 1. The summed E-state index contributed by atoms with van der Waals surface area (Å²) in [6.45, 7) is 1.76. The van der Waals surface area contributed by atoms with Gasteiger partial charge in [0.25, 0.3) is 0 Å². The first-order valence-electron chi connectivity index (χ1n) is 5.96. The fourth-order valence-corrected chi connectivity index (χ4v) is 1.80. The molecule has 6 heteroatoms. The molecule has 0 amide bonds. The van der Waals surface area contributed by atoms with E-state index in [0.29, 0.717) is 12.1 Å². The molecule has 2 rings (SSSR count). The first kappa shape index (κ1) is 14.9. The maximum Gasteiger partial charge on any atom is 0.416 e. The van der Waals surface area contributed by atoms with Gasteiger partial charge in [0.05, 0.1) is 22.5 Å². The molecule has 1 N–H and O–H groups in total. The van der Waals surface area contributed by atoms with Gasteiger partial charge in [-0.05, 0) is 42.8 Å². The highest BCUT2D eigenvalue weighted by molar-refractivity contribution is 5.68. The van der Waals surface area contributed by atoms with Crippen LogP contribution in [0.25, 0.3) is 0 Å². The van der Waals surface area contributed by atoms with Crippen LogP contribution >= 0.6 is 0 Å². The number of alkyl halides is 3. The number of anilines is 2. The molecule has 108 valence electrons. The van der Waals surface area contributed by atoms with Gasteiger partial charge in [0.15, 0.2) is 0 Å². The Morgan fingerprint density at radius 1 is 1.05 bits per heavy atom. The van der Waals surface area contributed by atoms with E-state index in [0.717, 1.165) is 11.6 Å². The van der Waals surface area contributed by atoms with Crippen LogP contribution in [0.15, 0.2) is 36.4 Å². The van der Waals surface area contributed by atoms with Gasteiger partial charge in [-0.25, -0.2) is 4.39 Å². The van der Waals surface area contributed by atoms with Crippen LogP contribution in [0.4, 0.5) is 28.9 Å². The molecule has 0 spiro atoms. The SMILES string of the molecule is Cc1ccc(C#N)c(Nc2cc(C(F)(F)F)ccc2F)c1. The Morgan fingerprint density at radius 3 is 2.38 bits per heavy atom. The molecule has 0 saturated carbocycles. The topological polar surface area (TPSA) is 35.8 Å². The molecule has 21 heavy (non-hydrogen) atoms. The summed E-state index contributed by atoms with van der Waals surface area (Å²) in [6.07, 6.45) is -4.56. The molecule has 0 aliphatic heterocycles. The van der Waals surface area contributed by atoms with Crippen molar-refractivity contribution in [1.29, 1.82) is 5.26 Å². The third kappa shape index (κ3) is 3.31. The number of hydrogen-bond acceptors (Lipinski definition) is 2. The minimum atomic E-state index is -4.56. The number of aryl methyl sites for hydroxylation is 1. The molecule has 0 radical (unpaired) electrons. The maximum atomic E-state index is 13.7. The average molecular weight is 294 g/mol. The summed E-state index contributed by atoms with van der Waals surface area (Å²) < 4.78 is 51.6. The van der Waals surface area contributed by atoms with Crippen molar-refractivity contribution in [3.63, 3.8) is 0 Å². The number of nitrogens with one attached hydrogen (secondary N) is 1. The minimum Gasteiger partial charge on any atom is -0.352 e. The molecular formula is C15H10F4N2. The standard InChI is InChI=1S/C15H10F4N2/c1-9-2-3-10(8-20)13(6-9)21-14-7-11(15(17,18)19)4-5-12(14)16/h2-7,21H,1H3. The third-order valence-corrected chi connectivity index (χ3v) is 2.86. The van der Waals surface area contributed by atoms with Gasteiger partial charge in [0.2, 0.25) is 0 Å². The summed E-state index contributed by atoms with van der Waals surface area (Å²) in [7, 11) is 0. The summed E-state index contributed by atoms with van der Waals surface area (Å²) in [4.78, 5) is 0. The van der Waals surface area contributed by atoms with Gasteiger partial charge in [0.1, 0.15) is 11.9 Å². The van der Waals surface area contributed by atoms with Crippen molar-refractivity contribution in [2.75, 3.05) is 5.32 Å². The summed E-state index contributed by atoms with van der Waals surface area (Å²) in [5.41, 5.74) is -0.0125. The molecule has 0 bridgehead atoms. The molecule has 0 aromatic heterocycles. The second-order valence-corrected chi connectivity index (χ2v) is 4.48. The second-order valence-electron chi connectivity index (χ2n) is 4.48. The zero-order valence-corrected chi connectivity index (χ0v) is 10.9. The van der Waals surface area contributed by atoms with Gasteiger partial charge >= 0.3 is 6.18 Å². The van der Waals surface area contributed by atoms with Crippen molar-refractivity contribution < 1.29 is 17.6 Å². The highest BCUT2D eigenvalue weighted by Crippen LogP contribution is 2.33. The molecular weight excluding hydrogens is 284 g/mol. The van der Waals surface area contributed by atoms with Crippen molar-refractivity contribution in [3.8, 4) is 6.07 Å². The fraction of sp³-hybridized carbons (Fsp3) is 0.133. The molecule has 0 atom stereocenters. The lowest BCUT2D eigenvalue weighted by Gasteiger charge is -2.13. The number of benzene rings is 2. The van der Waals surface area contributed by atoms with Gasteiger partial charge < -0.3 is 5.32 Å². The van der Waals surface area contributed by atoms with E-state index in [1.807, 2.05) is 6.07 Å². The van der Waals surface area contributed by atoms with E-state index in [2.05, 4.69) is 5.32 Å². The van der Waals surface area contributed by atoms with Gasteiger partial charge in [-0.1, -0.05) is 6.07 Å². The van der Waals surface area contributed by atoms with Crippen LogP contribution in [0.3, 0.4) is 0 Å². The summed E-state index contributed by atoms with van der Waals surface area (Å²) in [5.74, 6) is -0.826. The van der Waals surface area contributed by atoms with Crippen LogP contribution in [0.1, 0.15) is 16.7 Å². The zero-order chi connectivity index (χ0) is 15.6. The van der Waals surface area contributed by atoms with E-state index in [9.17, 15) is 17.6 Å². The molecule has 2 aromatic rings. The van der Waals surface area contributed by atoms with E-state index in [4.69, 9.17) is 5.26 Å². The van der Waals surface area contributed by atoms with Crippen LogP contribution in [-0.2, 0) is 6.18 Å². The molecule has 2 aromatic carbocycles. The van der Waals surface area contributed by atoms with Gasteiger partial charge in [-0.3, -0.25) is 0 Å². The molecule has 0 fully saturated rings. The van der Waals surface area contributed by atoms with Crippen LogP contribution in [-0.4, -0.2) is 0 Å². The lowest BCUT2D eigenvalue weighted by Crippen LogP contribution is -2.06. The Balaban J connectivity index is 2.45. The Labute approximate surface area is 118 Å². The Morgan fingerprint density at radius 2 is 1.76 bits per heavy atom. The third-order valence-electron chi connectivity index (χ3n) is 2.86. The number of rotatable bonds is 2. The average Bonchev–Trinajstić information content (AvgIpc) is 2.40. The van der Waals surface area contributed by atoms with Crippen LogP contribution in [0, 0.1) is 24.1 Å². The smallest absolute Gasteiger partial charge is 0.352 e. The second kappa shape index (κ2) is 5.44. The van der Waals surface area contributed by atoms with Crippen LogP contribution < -0.4 is 5.32 Å². The van der Waals surface area contributed by atoms with Crippen molar-refractivity contribution in [3.05, 3.63) is 58.9 Å². The van der Waals surface area contributed by atoms with Gasteiger partial charge in [-0.2, -0.15) is 18.4 Å².